The lowest BCUT2D eigenvalue weighted by Gasteiger charge is -2.11. The molecule has 1 aromatic carbocycles. The number of hydroxylamine groups is 2. The number of imide groups is 1. The molecule has 0 aliphatic carbocycles. The second-order valence-corrected chi connectivity index (χ2v) is 4.41. The molecule has 110 valence electrons. The van der Waals surface area contributed by atoms with E-state index in [0.717, 1.165) is 0 Å². The lowest BCUT2D eigenvalue weighted by atomic mass is 9.98. The van der Waals surface area contributed by atoms with Gasteiger partial charge in [-0.1, -0.05) is 17.2 Å². The Balaban J connectivity index is 2.06. The van der Waals surface area contributed by atoms with Crippen molar-refractivity contribution in [2.24, 2.45) is 5.92 Å². The molecule has 1 saturated heterocycles. The van der Waals surface area contributed by atoms with E-state index in [1.165, 1.54) is 24.3 Å². The van der Waals surface area contributed by atoms with E-state index in [2.05, 4.69) is 4.84 Å². The fraction of sp³-hybridized carbons (Fsp3) is 0.250. The zero-order chi connectivity index (χ0) is 15.6. The smallest absolute Gasteiger partial charge is 0.448 e. The van der Waals surface area contributed by atoms with Crippen molar-refractivity contribution in [2.45, 2.75) is 12.8 Å². The highest BCUT2D eigenvalue weighted by Crippen LogP contribution is 2.24. The first-order valence-electron chi connectivity index (χ1n) is 5.89. The Morgan fingerprint density at radius 3 is 2.52 bits per heavy atom. The van der Waals surface area contributed by atoms with E-state index in [4.69, 9.17) is 5.11 Å². The quantitative estimate of drug-likeness (QED) is 0.500. The van der Waals surface area contributed by atoms with Crippen molar-refractivity contribution >= 4 is 23.7 Å². The molecule has 21 heavy (non-hydrogen) atoms. The predicted octanol–water partition coefficient (Wildman–Crippen LogP) is 1.12. The van der Waals surface area contributed by atoms with Gasteiger partial charge in [0, 0.05) is 18.6 Å². The molecule has 2 rings (SSSR count). The molecule has 0 spiro atoms. The molecule has 1 fully saturated rings. The molecule has 9 nitrogen and oxygen atoms in total. The highest BCUT2D eigenvalue weighted by molar-refractivity contribution is 6.03. The van der Waals surface area contributed by atoms with Gasteiger partial charge in [0.05, 0.1) is 10.8 Å². The number of non-ortho nitro benzene ring substituents is 1. The number of carboxylic acid groups (broad SMARTS) is 1. The Bertz CT molecular complexity index is 611. The third-order valence-corrected chi connectivity index (χ3v) is 3.00. The van der Waals surface area contributed by atoms with Gasteiger partial charge in [0.1, 0.15) is 0 Å². The first-order chi connectivity index (χ1) is 9.88. The maximum atomic E-state index is 11.8. The Morgan fingerprint density at radius 1 is 1.38 bits per heavy atom. The van der Waals surface area contributed by atoms with Crippen LogP contribution in [-0.2, 0) is 20.8 Å². The summed E-state index contributed by atoms with van der Waals surface area (Å²) in [6.07, 6.45) is -1.74. The number of carbonyl (C=O) groups excluding carboxylic acids is 2. The molecule has 2 amide bonds. The van der Waals surface area contributed by atoms with E-state index in [9.17, 15) is 24.5 Å². The average molecular weight is 294 g/mol. The summed E-state index contributed by atoms with van der Waals surface area (Å²) in [5, 5.41) is 19.2. The predicted molar refractivity (Wildman–Crippen MR) is 65.9 cm³/mol. The molecule has 1 aromatic rings. The Kier molecular flexibility index (Phi) is 3.83. The third kappa shape index (κ3) is 3.14. The molecule has 1 N–H and O–H groups in total. The first-order valence-corrected chi connectivity index (χ1v) is 5.89. The van der Waals surface area contributed by atoms with Gasteiger partial charge in [-0.3, -0.25) is 24.5 Å². The molecule has 0 bridgehead atoms. The van der Waals surface area contributed by atoms with Crippen LogP contribution < -0.4 is 0 Å². The van der Waals surface area contributed by atoms with Gasteiger partial charge in [0.15, 0.2) is 0 Å². The van der Waals surface area contributed by atoms with Crippen molar-refractivity contribution < 1.29 is 29.3 Å². The Morgan fingerprint density at radius 2 is 2.00 bits per heavy atom. The molecule has 0 radical (unpaired) electrons. The summed E-state index contributed by atoms with van der Waals surface area (Å²) in [5.74, 6) is -2.20. The van der Waals surface area contributed by atoms with Crippen molar-refractivity contribution in [3.8, 4) is 0 Å². The van der Waals surface area contributed by atoms with E-state index in [1.807, 2.05) is 0 Å². The molecule has 9 heteroatoms. The number of rotatable bonds is 4. The van der Waals surface area contributed by atoms with Crippen LogP contribution in [-0.4, -0.2) is 33.1 Å². The van der Waals surface area contributed by atoms with Crippen molar-refractivity contribution in [2.75, 3.05) is 0 Å². The largest absolute Gasteiger partial charge is 0.531 e. The Hall–Kier alpha value is -2.97. The second kappa shape index (κ2) is 5.57. The van der Waals surface area contributed by atoms with Crippen LogP contribution in [0.2, 0.25) is 0 Å². The first kappa shape index (κ1) is 14.4. The summed E-state index contributed by atoms with van der Waals surface area (Å²) in [4.78, 5) is 47.8. The fourth-order valence-electron chi connectivity index (χ4n) is 2.04. The molecule has 1 unspecified atom stereocenters. The number of benzene rings is 1. The number of hydrogen-bond donors (Lipinski definition) is 1. The summed E-state index contributed by atoms with van der Waals surface area (Å²) in [6.45, 7) is 0. The van der Waals surface area contributed by atoms with Gasteiger partial charge in [-0.05, 0) is 12.0 Å². The van der Waals surface area contributed by atoms with E-state index in [-0.39, 0.29) is 23.6 Å². The van der Waals surface area contributed by atoms with Crippen LogP contribution in [0.5, 0.6) is 0 Å². The van der Waals surface area contributed by atoms with E-state index < -0.39 is 28.8 Å². The van der Waals surface area contributed by atoms with Crippen molar-refractivity contribution in [1.82, 2.24) is 5.06 Å². The normalized spacial score (nSPS) is 17.9. The number of nitrogens with zero attached hydrogens (tertiary/aromatic N) is 2. The van der Waals surface area contributed by atoms with E-state index in [1.54, 1.807) is 0 Å². The monoisotopic (exact) mass is 294 g/mol. The fourth-order valence-corrected chi connectivity index (χ4v) is 2.04. The maximum absolute atomic E-state index is 11.8. The van der Waals surface area contributed by atoms with Gasteiger partial charge >= 0.3 is 6.16 Å². The lowest BCUT2D eigenvalue weighted by molar-refractivity contribution is -0.384. The minimum absolute atomic E-state index is 0.0802. The van der Waals surface area contributed by atoms with Gasteiger partial charge < -0.3 is 5.11 Å². The van der Waals surface area contributed by atoms with E-state index in [0.29, 0.717) is 5.56 Å². The minimum atomic E-state index is -1.74. The minimum Gasteiger partial charge on any atom is -0.448 e. The van der Waals surface area contributed by atoms with Crippen LogP contribution in [0, 0.1) is 16.0 Å². The van der Waals surface area contributed by atoms with E-state index >= 15 is 0 Å². The van der Waals surface area contributed by atoms with Crippen LogP contribution in [0.4, 0.5) is 10.5 Å². The summed E-state index contributed by atoms with van der Waals surface area (Å²) >= 11 is 0. The molecule has 0 saturated carbocycles. The average Bonchev–Trinajstić information content (AvgIpc) is 2.67. The number of carbonyl (C=O) groups is 3. The van der Waals surface area contributed by atoms with Gasteiger partial charge in [-0.15, -0.1) is 0 Å². The highest BCUT2D eigenvalue weighted by atomic mass is 16.8. The molecular formula is C12H10N2O7. The van der Waals surface area contributed by atoms with Crippen LogP contribution in [0.1, 0.15) is 12.0 Å². The van der Waals surface area contributed by atoms with Gasteiger partial charge in [-0.2, -0.15) is 0 Å². The van der Waals surface area contributed by atoms with Crippen molar-refractivity contribution in [3.63, 3.8) is 0 Å². The zero-order valence-electron chi connectivity index (χ0n) is 10.6. The van der Waals surface area contributed by atoms with Crippen LogP contribution in [0.25, 0.3) is 0 Å². The van der Waals surface area contributed by atoms with Crippen LogP contribution in [0.3, 0.4) is 0 Å². The zero-order valence-corrected chi connectivity index (χ0v) is 10.6. The van der Waals surface area contributed by atoms with Gasteiger partial charge in [0.25, 0.3) is 17.5 Å². The molecule has 1 heterocycles. The molecule has 0 aromatic heterocycles. The van der Waals surface area contributed by atoms with Gasteiger partial charge in [-0.25, -0.2) is 4.79 Å². The van der Waals surface area contributed by atoms with Gasteiger partial charge in [0.2, 0.25) is 0 Å². The molecule has 1 aliphatic heterocycles. The number of hydrogen-bond acceptors (Lipinski definition) is 6. The third-order valence-electron chi connectivity index (χ3n) is 3.00. The summed E-state index contributed by atoms with van der Waals surface area (Å²) < 4.78 is 0. The second-order valence-electron chi connectivity index (χ2n) is 4.41. The topological polar surface area (TPSA) is 127 Å². The standard InChI is InChI=1S/C12H10N2O7/c15-10-6-8(11(16)13(10)21-12(17)18)5-7-1-3-9(4-2-7)14(19)20/h1-4,8H,5-6H2,(H,17,18). The molecular weight excluding hydrogens is 284 g/mol. The molecule has 1 aliphatic rings. The Labute approximate surface area is 117 Å². The van der Waals surface area contributed by atoms with Crippen LogP contribution >= 0.6 is 0 Å². The molecule has 1 atom stereocenters. The van der Waals surface area contributed by atoms with Crippen molar-refractivity contribution in [3.05, 3.63) is 39.9 Å². The summed E-state index contributed by atoms with van der Waals surface area (Å²) in [6, 6.07) is 5.55. The summed E-state index contributed by atoms with van der Waals surface area (Å²) in [7, 11) is 0. The number of amides is 2. The highest BCUT2D eigenvalue weighted by Gasteiger charge is 2.41. The lowest BCUT2D eigenvalue weighted by Crippen LogP contribution is -2.33. The maximum Gasteiger partial charge on any atom is 0.531 e. The SMILES string of the molecule is O=C(O)ON1C(=O)CC(Cc2ccc([N+](=O)[O-])cc2)C1=O. The van der Waals surface area contributed by atoms with Crippen LogP contribution in [0.15, 0.2) is 24.3 Å². The summed E-state index contributed by atoms with van der Waals surface area (Å²) in [5.41, 5.74) is 0.548. The van der Waals surface area contributed by atoms with Crippen molar-refractivity contribution in [1.29, 1.82) is 0 Å². The number of nitro benzene ring substituents is 1. The number of nitro groups is 1.